The second-order valence-corrected chi connectivity index (χ2v) is 3.69. The van der Waals surface area contributed by atoms with E-state index in [0.717, 1.165) is 5.56 Å². The predicted molar refractivity (Wildman–Crippen MR) is 65.9 cm³/mol. The van der Waals surface area contributed by atoms with Gasteiger partial charge in [0, 0.05) is 18.5 Å². The van der Waals surface area contributed by atoms with E-state index in [4.69, 9.17) is 10.5 Å². The van der Waals surface area contributed by atoms with Crippen molar-refractivity contribution in [2.24, 2.45) is 0 Å². The highest BCUT2D eigenvalue weighted by molar-refractivity contribution is 5.88. The van der Waals surface area contributed by atoms with Gasteiger partial charge in [0.2, 0.25) is 0 Å². The molecule has 0 unspecified atom stereocenters. The van der Waals surface area contributed by atoms with Crippen molar-refractivity contribution in [3.8, 4) is 0 Å². The molecule has 2 aromatic rings. The fraction of sp³-hybridized carbons (Fsp3) is 0.250. The van der Waals surface area contributed by atoms with Crippen LogP contribution in [0.2, 0.25) is 0 Å². The SMILES string of the molecule is CCOC(=O)c1cc(N)n(Cc2ccncc2)n1. The lowest BCUT2D eigenvalue weighted by Gasteiger charge is -2.03. The minimum atomic E-state index is -0.460. The number of nitrogen functional groups attached to an aromatic ring is 1. The molecule has 0 aliphatic rings. The Labute approximate surface area is 104 Å². The summed E-state index contributed by atoms with van der Waals surface area (Å²) < 4.78 is 6.42. The number of rotatable bonds is 4. The maximum Gasteiger partial charge on any atom is 0.358 e. The van der Waals surface area contributed by atoms with Crippen molar-refractivity contribution in [3.63, 3.8) is 0 Å². The van der Waals surface area contributed by atoms with E-state index in [0.29, 0.717) is 19.0 Å². The molecule has 94 valence electrons. The number of aromatic nitrogens is 3. The van der Waals surface area contributed by atoms with Crippen LogP contribution in [0.25, 0.3) is 0 Å². The van der Waals surface area contributed by atoms with Crippen molar-refractivity contribution in [1.82, 2.24) is 14.8 Å². The Kier molecular flexibility index (Phi) is 3.57. The Balaban J connectivity index is 2.17. The molecule has 0 atom stereocenters. The van der Waals surface area contributed by atoms with E-state index in [1.54, 1.807) is 24.0 Å². The van der Waals surface area contributed by atoms with Gasteiger partial charge >= 0.3 is 5.97 Å². The van der Waals surface area contributed by atoms with Crippen LogP contribution in [-0.2, 0) is 11.3 Å². The number of nitrogens with zero attached hydrogens (tertiary/aromatic N) is 3. The molecule has 0 aliphatic heterocycles. The first-order chi connectivity index (χ1) is 8.70. The number of pyridine rings is 1. The quantitative estimate of drug-likeness (QED) is 0.816. The molecular formula is C12H14N4O2. The summed E-state index contributed by atoms with van der Waals surface area (Å²) >= 11 is 0. The number of ether oxygens (including phenoxy) is 1. The van der Waals surface area contributed by atoms with Crippen LogP contribution in [0.5, 0.6) is 0 Å². The lowest BCUT2D eigenvalue weighted by molar-refractivity contribution is 0.0518. The molecule has 0 saturated heterocycles. The lowest BCUT2D eigenvalue weighted by atomic mass is 10.3. The van der Waals surface area contributed by atoms with Crippen molar-refractivity contribution in [2.75, 3.05) is 12.3 Å². The van der Waals surface area contributed by atoms with Gasteiger partial charge in [-0.3, -0.25) is 4.98 Å². The van der Waals surface area contributed by atoms with Gasteiger partial charge in [-0.15, -0.1) is 0 Å². The molecule has 0 fully saturated rings. The first-order valence-electron chi connectivity index (χ1n) is 5.60. The summed E-state index contributed by atoms with van der Waals surface area (Å²) in [4.78, 5) is 15.4. The van der Waals surface area contributed by atoms with Gasteiger partial charge in [-0.25, -0.2) is 9.48 Å². The normalized spacial score (nSPS) is 10.3. The Hall–Kier alpha value is -2.37. The van der Waals surface area contributed by atoms with E-state index >= 15 is 0 Å². The smallest absolute Gasteiger partial charge is 0.358 e. The second-order valence-electron chi connectivity index (χ2n) is 3.69. The average molecular weight is 246 g/mol. The largest absolute Gasteiger partial charge is 0.461 e. The molecule has 6 nitrogen and oxygen atoms in total. The number of esters is 1. The first kappa shape index (κ1) is 12.1. The van der Waals surface area contributed by atoms with E-state index < -0.39 is 5.97 Å². The van der Waals surface area contributed by atoms with Crippen LogP contribution in [0.4, 0.5) is 5.82 Å². The van der Waals surface area contributed by atoms with Crippen molar-refractivity contribution in [1.29, 1.82) is 0 Å². The van der Waals surface area contributed by atoms with Crippen molar-refractivity contribution < 1.29 is 9.53 Å². The van der Waals surface area contributed by atoms with Crippen molar-refractivity contribution >= 4 is 11.8 Å². The number of anilines is 1. The maximum absolute atomic E-state index is 11.5. The first-order valence-corrected chi connectivity index (χ1v) is 5.60. The molecule has 2 N–H and O–H groups in total. The molecule has 0 bridgehead atoms. The van der Waals surface area contributed by atoms with Gasteiger partial charge in [-0.2, -0.15) is 5.10 Å². The molecule has 2 rings (SSSR count). The minimum absolute atomic E-state index is 0.225. The summed E-state index contributed by atoms with van der Waals surface area (Å²) in [5.74, 6) is -0.0347. The number of hydrogen-bond acceptors (Lipinski definition) is 5. The van der Waals surface area contributed by atoms with Crippen LogP contribution in [0.3, 0.4) is 0 Å². The second kappa shape index (κ2) is 5.31. The van der Waals surface area contributed by atoms with E-state index in [9.17, 15) is 4.79 Å². The molecule has 0 amide bonds. The highest BCUT2D eigenvalue weighted by atomic mass is 16.5. The topological polar surface area (TPSA) is 83.0 Å². The van der Waals surface area contributed by atoms with Gasteiger partial charge in [0.15, 0.2) is 5.69 Å². The number of nitrogens with two attached hydrogens (primary N) is 1. The van der Waals surface area contributed by atoms with Crippen molar-refractivity contribution in [2.45, 2.75) is 13.5 Å². The number of carbonyl (C=O) groups is 1. The fourth-order valence-corrected chi connectivity index (χ4v) is 1.52. The predicted octanol–water partition coefficient (Wildman–Crippen LogP) is 1.09. The van der Waals surface area contributed by atoms with Gasteiger partial charge in [0.1, 0.15) is 5.82 Å². The van der Waals surface area contributed by atoms with E-state index in [1.165, 1.54) is 6.07 Å². The zero-order valence-corrected chi connectivity index (χ0v) is 10.0. The van der Waals surface area contributed by atoms with E-state index in [2.05, 4.69) is 10.1 Å². The summed E-state index contributed by atoms with van der Waals surface area (Å²) in [5.41, 5.74) is 7.04. The Morgan fingerprint density at radius 3 is 2.83 bits per heavy atom. The standard InChI is InChI=1S/C12H14N4O2/c1-2-18-12(17)10-7-11(13)16(15-10)8-9-3-5-14-6-4-9/h3-7H,2,8,13H2,1H3. The molecule has 0 saturated carbocycles. The van der Waals surface area contributed by atoms with Crippen LogP contribution >= 0.6 is 0 Å². The lowest BCUT2D eigenvalue weighted by Crippen LogP contribution is -2.09. The van der Waals surface area contributed by atoms with Crippen LogP contribution in [0.15, 0.2) is 30.6 Å². The minimum Gasteiger partial charge on any atom is -0.461 e. The van der Waals surface area contributed by atoms with Gasteiger partial charge in [0.05, 0.1) is 13.2 Å². The molecule has 2 aromatic heterocycles. The molecule has 0 radical (unpaired) electrons. The highest BCUT2D eigenvalue weighted by Crippen LogP contribution is 2.10. The Morgan fingerprint density at radius 2 is 2.17 bits per heavy atom. The highest BCUT2D eigenvalue weighted by Gasteiger charge is 2.13. The zero-order chi connectivity index (χ0) is 13.0. The van der Waals surface area contributed by atoms with Gasteiger partial charge in [-0.1, -0.05) is 0 Å². The summed E-state index contributed by atoms with van der Waals surface area (Å²) in [7, 11) is 0. The fourth-order valence-electron chi connectivity index (χ4n) is 1.52. The van der Waals surface area contributed by atoms with Crippen LogP contribution in [0.1, 0.15) is 23.0 Å². The summed E-state index contributed by atoms with van der Waals surface area (Å²) in [6, 6.07) is 5.25. The van der Waals surface area contributed by atoms with E-state index in [1.807, 2.05) is 12.1 Å². The molecule has 2 heterocycles. The Morgan fingerprint density at radius 1 is 1.44 bits per heavy atom. The third-order valence-electron chi connectivity index (χ3n) is 2.38. The third kappa shape index (κ3) is 2.65. The van der Waals surface area contributed by atoms with Crippen LogP contribution in [-0.4, -0.2) is 27.3 Å². The van der Waals surface area contributed by atoms with Gasteiger partial charge < -0.3 is 10.5 Å². The summed E-state index contributed by atoms with van der Waals surface area (Å²) in [6.07, 6.45) is 3.39. The molecular weight excluding hydrogens is 232 g/mol. The molecule has 0 spiro atoms. The maximum atomic E-state index is 11.5. The number of carbonyl (C=O) groups excluding carboxylic acids is 1. The van der Waals surface area contributed by atoms with Crippen molar-refractivity contribution in [3.05, 3.63) is 41.9 Å². The van der Waals surface area contributed by atoms with E-state index in [-0.39, 0.29) is 5.69 Å². The van der Waals surface area contributed by atoms with Crippen LogP contribution in [0, 0.1) is 0 Å². The van der Waals surface area contributed by atoms with Gasteiger partial charge in [-0.05, 0) is 24.6 Å². The van der Waals surface area contributed by atoms with Gasteiger partial charge in [0.25, 0.3) is 0 Å². The summed E-state index contributed by atoms with van der Waals surface area (Å²) in [5, 5.41) is 4.12. The zero-order valence-electron chi connectivity index (χ0n) is 10.0. The average Bonchev–Trinajstić information content (AvgIpc) is 2.73. The third-order valence-corrected chi connectivity index (χ3v) is 2.38. The molecule has 0 aromatic carbocycles. The molecule has 6 heteroatoms. The summed E-state index contributed by atoms with van der Waals surface area (Å²) in [6.45, 7) is 2.55. The van der Waals surface area contributed by atoms with Crippen LogP contribution < -0.4 is 5.73 Å². The monoisotopic (exact) mass is 246 g/mol. The molecule has 18 heavy (non-hydrogen) atoms. The number of hydrogen-bond donors (Lipinski definition) is 1. The Bertz CT molecular complexity index is 536. The molecule has 0 aliphatic carbocycles.